The molecule has 1 aromatic carbocycles. The zero-order valence-electron chi connectivity index (χ0n) is 14.5. The van der Waals surface area contributed by atoms with Crippen molar-refractivity contribution in [2.24, 2.45) is 0 Å². The summed E-state index contributed by atoms with van der Waals surface area (Å²) in [7, 11) is 0. The Morgan fingerprint density at radius 1 is 1.13 bits per heavy atom. The summed E-state index contributed by atoms with van der Waals surface area (Å²) in [5.41, 5.74) is 1.41. The van der Waals surface area contributed by atoms with E-state index in [0.717, 1.165) is 24.9 Å². The fraction of sp³-hybridized carbons (Fsp3) is 0.700. The van der Waals surface area contributed by atoms with Gasteiger partial charge in [-0.15, -0.1) is 0 Å². The van der Waals surface area contributed by atoms with Crippen LogP contribution in [0.3, 0.4) is 0 Å². The lowest BCUT2D eigenvalue weighted by Gasteiger charge is -2.43. The third-order valence-electron chi connectivity index (χ3n) is 6.22. The number of hydrogen-bond donors (Lipinski definition) is 0. The van der Waals surface area contributed by atoms with E-state index in [1.165, 1.54) is 63.7 Å². The van der Waals surface area contributed by atoms with Crippen LogP contribution in [-0.4, -0.2) is 47.6 Å². The average molecular weight is 314 g/mol. The van der Waals surface area contributed by atoms with Gasteiger partial charge in [0.15, 0.2) is 0 Å². The van der Waals surface area contributed by atoms with Crippen LogP contribution in [0, 0.1) is 0 Å². The monoisotopic (exact) mass is 314 g/mol. The topological polar surface area (TPSA) is 15.7 Å². The summed E-state index contributed by atoms with van der Waals surface area (Å²) in [6, 6.07) is 9.50. The van der Waals surface area contributed by atoms with Crippen LogP contribution in [0.2, 0.25) is 0 Å². The lowest BCUT2D eigenvalue weighted by molar-refractivity contribution is -0.0251. The molecule has 1 saturated carbocycles. The van der Waals surface area contributed by atoms with E-state index >= 15 is 0 Å². The normalized spacial score (nSPS) is 26.0. The predicted octanol–water partition coefficient (Wildman–Crippen LogP) is 3.68. The maximum absolute atomic E-state index is 6.70. The van der Waals surface area contributed by atoms with E-state index in [1.54, 1.807) is 0 Å². The maximum atomic E-state index is 6.70. The van der Waals surface area contributed by atoms with Crippen molar-refractivity contribution in [3.05, 3.63) is 29.8 Å². The van der Waals surface area contributed by atoms with Gasteiger partial charge in [-0.3, -0.25) is 4.90 Å². The van der Waals surface area contributed by atoms with Crippen LogP contribution in [0.5, 0.6) is 5.75 Å². The molecule has 0 amide bonds. The fourth-order valence-electron chi connectivity index (χ4n) is 4.71. The molecule has 4 rings (SSSR count). The zero-order chi connectivity index (χ0) is 15.7. The Balaban J connectivity index is 1.61. The Kier molecular flexibility index (Phi) is 4.33. The van der Waals surface area contributed by atoms with Gasteiger partial charge in [0.25, 0.3) is 0 Å². The minimum atomic E-state index is 0.0286. The fourth-order valence-corrected chi connectivity index (χ4v) is 4.71. The molecular weight excluding hydrogens is 284 g/mol. The molecule has 2 heterocycles. The molecule has 0 aromatic heterocycles. The van der Waals surface area contributed by atoms with Crippen molar-refractivity contribution in [1.82, 2.24) is 9.80 Å². The number of piperidine rings is 1. The highest BCUT2D eigenvalue weighted by Crippen LogP contribution is 2.38. The summed E-state index contributed by atoms with van der Waals surface area (Å²) >= 11 is 0. The van der Waals surface area contributed by atoms with Crippen LogP contribution in [0.25, 0.3) is 0 Å². The standard InChI is InChI=1S/C20H30N2O/c1-2-21-13-11-20(12-14-21)16-22(18-8-4-5-9-18)15-17-7-3-6-10-19(17)23-20/h3,6-7,10,18H,2,4-5,8-9,11-16H2,1H3. The van der Waals surface area contributed by atoms with Gasteiger partial charge in [0.05, 0.1) is 0 Å². The molecular formula is C20H30N2O. The molecule has 1 aromatic rings. The van der Waals surface area contributed by atoms with E-state index in [4.69, 9.17) is 4.74 Å². The number of para-hydroxylation sites is 1. The SMILES string of the molecule is CCN1CCC2(CC1)CN(C1CCCC1)Cc1ccccc1O2. The summed E-state index contributed by atoms with van der Waals surface area (Å²) in [5, 5.41) is 0. The molecule has 126 valence electrons. The quantitative estimate of drug-likeness (QED) is 0.828. The summed E-state index contributed by atoms with van der Waals surface area (Å²) in [6.45, 7) is 7.98. The molecule has 1 spiro atoms. The molecule has 3 heteroatoms. The van der Waals surface area contributed by atoms with Gasteiger partial charge in [-0.1, -0.05) is 38.0 Å². The summed E-state index contributed by atoms with van der Waals surface area (Å²) in [4.78, 5) is 5.31. The first-order valence-corrected chi connectivity index (χ1v) is 9.51. The highest BCUT2D eigenvalue weighted by atomic mass is 16.5. The number of rotatable bonds is 2. The molecule has 0 radical (unpaired) electrons. The second kappa shape index (κ2) is 6.45. The van der Waals surface area contributed by atoms with Crippen molar-refractivity contribution in [3.63, 3.8) is 0 Å². The van der Waals surface area contributed by atoms with Crippen LogP contribution in [0.1, 0.15) is 51.0 Å². The van der Waals surface area contributed by atoms with Crippen LogP contribution in [-0.2, 0) is 6.54 Å². The molecule has 1 aliphatic carbocycles. The van der Waals surface area contributed by atoms with Gasteiger partial charge in [0.2, 0.25) is 0 Å². The Morgan fingerprint density at radius 2 is 1.87 bits per heavy atom. The number of fused-ring (bicyclic) bond motifs is 1. The third kappa shape index (κ3) is 3.14. The van der Waals surface area contributed by atoms with Crippen molar-refractivity contribution in [2.45, 2.75) is 63.6 Å². The van der Waals surface area contributed by atoms with Crippen LogP contribution >= 0.6 is 0 Å². The first-order chi connectivity index (χ1) is 11.3. The number of nitrogens with zero attached hydrogens (tertiary/aromatic N) is 2. The van der Waals surface area contributed by atoms with Crippen molar-refractivity contribution in [2.75, 3.05) is 26.2 Å². The van der Waals surface area contributed by atoms with Crippen molar-refractivity contribution < 1.29 is 4.74 Å². The Bertz CT molecular complexity index is 530. The first-order valence-electron chi connectivity index (χ1n) is 9.51. The van der Waals surface area contributed by atoms with Crippen LogP contribution < -0.4 is 4.74 Å². The highest BCUT2D eigenvalue weighted by Gasteiger charge is 2.42. The molecule has 23 heavy (non-hydrogen) atoms. The molecule has 3 nitrogen and oxygen atoms in total. The third-order valence-corrected chi connectivity index (χ3v) is 6.22. The van der Waals surface area contributed by atoms with Crippen molar-refractivity contribution in [3.8, 4) is 5.75 Å². The lowest BCUT2D eigenvalue weighted by Crippen LogP contribution is -2.54. The Hall–Kier alpha value is -1.06. The minimum Gasteiger partial charge on any atom is -0.486 e. The van der Waals surface area contributed by atoms with E-state index < -0.39 is 0 Å². The van der Waals surface area contributed by atoms with Gasteiger partial charge in [-0.25, -0.2) is 0 Å². The van der Waals surface area contributed by atoms with Crippen LogP contribution in [0.4, 0.5) is 0 Å². The number of benzene rings is 1. The predicted molar refractivity (Wildman–Crippen MR) is 93.8 cm³/mol. The Labute approximate surface area is 140 Å². The molecule has 0 N–H and O–H groups in total. The van der Waals surface area contributed by atoms with Gasteiger partial charge in [-0.05, 0) is 25.5 Å². The van der Waals surface area contributed by atoms with Crippen LogP contribution in [0.15, 0.2) is 24.3 Å². The summed E-state index contributed by atoms with van der Waals surface area (Å²) < 4.78 is 6.70. The van der Waals surface area contributed by atoms with Gasteiger partial charge >= 0.3 is 0 Å². The molecule has 0 unspecified atom stereocenters. The van der Waals surface area contributed by atoms with Gasteiger partial charge in [0, 0.05) is 50.6 Å². The summed E-state index contributed by atoms with van der Waals surface area (Å²) in [6.07, 6.45) is 7.88. The van der Waals surface area contributed by atoms with Crippen molar-refractivity contribution in [1.29, 1.82) is 0 Å². The van der Waals surface area contributed by atoms with E-state index in [9.17, 15) is 0 Å². The van der Waals surface area contributed by atoms with Gasteiger partial charge in [-0.2, -0.15) is 0 Å². The smallest absolute Gasteiger partial charge is 0.124 e. The maximum Gasteiger partial charge on any atom is 0.124 e. The number of hydrogen-bond acceptors (Lipinski definition) is 3. The van der Waals surface area contributed by atoms with E-state index in [1.807, 2.05) is 0 Å². The second-order valence-corrected chi connectivity index (χ2v) is 7.67. The van der Waals surface area contributed by atoms with E-state index in [0.29, 0.717) is 0 Å². The number of likely N-dealkylation sites (tertiary alicyclic amines) is 1. The number of ether oxygens (including phenoxy) is 1. The molecule has 3 aliphatic rings. The minimum absolute atomic E-state index is 0.0286. The molecule has 0 atom stereocenters. The first kappa shape index (κ1) is 15.5. The zero-order valence-corrected chi connectivity index (χ0v) is 14.5. The molecule has 1 saturated heterocycles. The summed E-state index contributed by atoms with van der Waals surface area (Å²) in [5.74, 6) is 1.14. The van der Waals surface area contributed by atoms with Gasteiger partial charge in [0.1, 0.15) is 11.4 Å². The molecule has 2 fully saturated rings. The average Bonchev–Trinajstić information content (AvgIpc) is 3.06. The highest BCUT2D eigenvalue weighted by molar-refractivity contribution is 5.35. The largest absolute Gasteiger partial charge is 0.486 e. The van der Waals surface area contributed by atoms with Crippen molar-refractivity contribution >= 4 is 0 Å². The molecule has 0 bridgehead atoms. The van der Waals surface area contributed by atoms with E-state index in [2.05, 4.69) is 41.0 Å². The Morgan fingerprint density at radius 3 is 2.61 bits per heavy atom. The molecule has 2 aliphatic heterocycles. The van der Waals surface area contributed by atoms with Gasteiger partial charge < -0.3 is 9.64 Å². The lowest BCUT2D eigenvalue weighted by atomic mass is 9.90. The van der Waals surface area contributed by atoms with E-state index in [-0.39, 0.29) is 5.60 Å². The second-order valence-electron chi connectivity index (χ2n) is 7.67.